The van der Waals surface area contributed by atoms with Crippen LogP contribution in [0.25, 0.3) is 0 Å². The van der Waals surface area contributed by atoms with E-state index in [0.717, 1.165) is 31.2 Å². The predicted molar refractivity (Wildman–Crippen MR) is 108 cm³/mol. The molecule has 0 N–H and O–H groups in total. The molecule has 2 heteroatoms. The Morgan fingerprint density at radius 1 is 0.880 bits per heavy atom. The van der Waals surface area contributed by atoms with Crippen molar-refractivity contribution < 1.29 is 0 Å². The Kier molecular flexibility index (Phi) is 9.32. The van der Waals surface area contributed by atoms with Crippen molar-refractivity contribution in [2.24, 2.45) is 11.3 Å². The van der Waals surface area contributed by atoms with Crippen LogP contribution in [0, 0.1) is 22.7 Å². The van der Waals surface area contributed by atoms with Gasteiger partial charge in [0.25, 0.3) is 0 Å². The maximum absolute atomic E-state index is 9.79. The molecule has 2 nitrogen and oxygen atoms in total. The summed E-state index contributed by atoms with van der Waals surface area (Å²) < 4.78 is 0. The van der Waals surface area contributed by atoms with E-state index in [9.17, 15) is 5.26 Å². The van der Waals surface area contributed by atoms with Crippen molar-refractivity contribution >= 4 is 0 Å². The summed E-state index contributed by atoms with van der Waals surface area (Å²) >= 11 is 0. The predicted octanol–water partition coefficient (Wildman–Crippen LogP) is 6.70. The molecular formula is C23H42N2. The van der Waals surface area contributed by atoms with E-state index in [2.05, 4.69) is 24.8 Å². The van der Waals surface area contributed by atoms with Crippen molar-refractivity contribution in [2.75, 3.05) is 13.1 Å². The van der Waals surface area contributed by atoms with Crippen LogP contribution in [-0.4, -0.2) is 24.0 Å². The second-order valence-corrected chi connectivity index (χ2v) is 8.91. The molecule has 2 rings (SSSR count). The van der Waals surface area contributed by atoms with Crippen LogP contribution in [0.5, 0.6) is 0 Å². The minimum Gasteiger partial charge on any atom is -0.300 e. The number of nitriles is 1. The van der Waals surface area contributed by atoms with Gasteiger partial charge in [-0.15, -0.1) is 0 Å². The second-order valence-electron chi connectivity index (χ2n) is 8.91. The molecule has 0 aromatic rings. The fraction of sp³-hybridized carbons (Fsp3) is 0.957. The van der Waals surface area contributed by atoms with Crippen LogP contribution in [0.15, 0.2) is 0 Å². The second kappa shape index (κ2) is 11.2. The molecular weight excluding hydrogens is 304 g/mol. The van der Waals surface area contributed by atoms with Crippen molar-refractivity contribution in [1.29, 1.82) is 5.26 Å². The third kappa shape index (κ3) is 6.59. The van der Waals surface area contributed by atoms with E-state index in [1.54, 1.807) is 0 Å². The first-order valence-electron chi connectivity index (χ1n) is 11.4. The standard InChI is InChI=1S/C23H42N2/c1-3-5-7-8-9-15-23(20-24)16-11-22(12-17-23)25-18-13-21(14-19-25)10-6-4-2/h21-22H,3-19H2,1-2H3. The summed E-state index contributed by atoms with van der Waals surface area (Å²) in [5.41, 5.74) is 0.0160. The highest BCUT2D eigenvalue weighted by Gasteiger charge is 2.37. The van der Waals surface area contributed by atoms with Crippen molar-refractivity contribution in [3.05, 3.63) is 0 Å². The Morgan fingerprint density at radius 3 is 2.12 bits per heavy atom. The molecule has 0 atom stereocenters. The zero-order valence-electron chi connectivity index (χ0n) is 17.1. The lowest BCUT2D eigenvalue weighted by molar-refractivity contribution is 0.0755. The number of piperidine rings is 1. The van der Waals surface area contributed by atoms with Crippen molar-refractivity contribution in [2.45, 2.75) is 116 Å². The highest BCUT2D eigenvalue weighted by Crippen LogP contribution is 2.42. The Hall–Kier alpha value is -0.550. The van der Waals surface area contributed by atoms with E-state index in [1.165, 1.54) is 90.1 Å². The molecule has 0 unspecified atom stereocenters. The minimum absolute atomic E-state index is 0.0160. The van der Waals surface area contributed by atoms with Crippen LogP contribution in [0.2, 0.25) is 0 Å². The van der Waals surface area contributed by atoms with Gasteiger partial charge >= 0.3 is 0 Å². The van der Waals surface area contributed by atoms with Gasteiger partial charge in [0.15, 0.2) is 0 Å². The van der Waals surface area contributed by atoms with Crippen molar-refractivity contribution in [3.63, 3.8) is 0 Å². The number of likely N-dealkylation sites (tertiary alicyclic amines) is 1. The molecule has 2 aliphatic rings. The molecule has 0 aromatic carbocycles. The van der Waals surface area contributed by atoms with Crippen LogP contribution in [0.3, 0.4) is 0 Å². The molecule has 1 heterocycles. The van der Waals surface area contributed by atoms with E-state index in [0.29, 0.717) is 0 Å². The first kappa shape index (κ1) is 20.8. The van der Waals surface area contributed by atoms with E-state index < -0.39 is 0 Å². The van der Waals surface area contributed by atoms with Crippen molar-refractivity contribution in [3.8, 4) is 6.07 Å². The number of hydrogen-bond acceptors (Lipinski definition) is 2. The molecule has 1 saturated heterocycles. The van der Waals surface area contributed by atoms with E-state index >= 15 is 0 Å². The molecule has 0 aromatic heterocycles. The van der Waals surface area contributed by atoms with Gasteiger partial charge in [0.1, 0.15) is 0 Å². The van der Waals surface area contributed by atoms with Crippen LogP contribution in [-0.2, 0) is 0 Å². The number of nitrogens with zero attached hydrogens (tertiary/aromatic N) is 2. The Balaban J connectivity index is 1.68. The van der Waals surface area contributed by atoms with E-state index in [1.807, 2.05) is 0 Å². The van der Waals surface area contributed by atoms with Crippen LogP contribution >= 0.6 is 0 Å². The topological polar surface area (TPSA) is 27.0 Å². The summed E-state index contributed by atoms with van der Waals surface area (Å²) in [6, 6.07) is 3.52. The SMILES string of the molecule is CCCCCCCC1(C#N)CCC(N2CCC(CCCC)CC2)CC1. The molecule has 0 amide bonds. The molecule has 2 fully saturated rings. The van der Waals surface area contributed by atoms with Gasteiger partial charge in [-0.3, -0.25) is 0 Å². The van der Waals surface area contributed by atoms with Gasteiger partial charge in [0, 0.05) is 6.04 Å². The largest absolute Gasteiger partial charge is 0.300 e. The van der Waals surface area contributed by atoms with Gasteiger partial charge in [0.05, 0.1) is 11.5 Å². The maximum Gasteiger partial charge on any atom is 0.0689 e. The van der Waals surface area contributed by atoms with Crippen LogP contribution in [0.4, 0.5) is 0 Å². The lowest BCUT2D eigenvalue weighted by Crippen LogP contribution is -2.44. The molecule has 0 bridgehead atoms. The molecule has 144 valence electrons. The third-order valence-electron chi connectivity index (χ3n) is 7.04. The molecule has 0 radical (unpaired) electrons. The summed E-state index contributed by atoms with van der Waals surface area (Å²) in [5.74, 6) is 0.987. The minimum atomic E-state index is 0.0160. The Morgan fingerprint density at radius 2 is 1.52 bits per heavy atom. The summed E-state index contributed by atoms with van der Waals surface area (Å²) in [6.45, 7) is 7.21. The highest BCUT2D eigenvalue weighted by atomic mass is 15.2. The van der Waals surface area contributed by atoms with Gasteiger partial charge in [-0.05, 0) is 64.0 Å². The number of unbranched alkanes of at least 4 members (excludes halogenated alkanes) is 5. The lowest BCUT2D eigenvalue weighted by Gasteiger charge is -2.43. The number of rotatable bonds is 10. The quantitative estimate of drug-likeness (QED) is 0.411. The van der Waals surface area contributed by atoms with E-state index in [-0.39, 0.29) is 5.41 Å². The zero-order chi connectivity index (χ0) is 18.0. The molecule has 1 aliphatic carbocycles. The third-order valence-corrected chi connectivity index (χ3v) is 7.04. The Labute approximate surface area is 157 Å². The fourth-order valence-electron chi connectivity index (χ4n) is 5.10. The summed E-state index contributed by atoms with van der Waals surface area (Å²) in [5, 5.41) is 9.79. The summed E-state index contributed by atoms with van der Waals surface area (Å²) in [6.07, 6.45) is 19.6. The number of hydrogen-bond donors (Lipinski definition) is 0. The molecule has 25 heavy (non-hydrogen) atoms. The van der Waals surface area contributed by atoms with Gasteiger partial charge in [-0.2, -0.15) is 5.26 Å². The lowest BCUT2D eigenvalue weighted by atomic mass is 9.70. The van der Waals surface area contributed by atoms with Gasteiger partial charge in [0.2, 0.25) is 0 Å². The first-order chi connectivity index (χ1) is 12.2. The van der Waals surface area contributed by atoms with Gasteiger partial charge in [-0.1, -0.05) is 65.2 Å². The summed E-state index contributed by atoms with van der Waals surface area (Å²) in [7, 11) is 0. The maximum atomic E-state index is 9.79. The highest BCUT2D eigenvalue weighted by molar-refractivity contribution is 5.03. The first-order valence-corrected chi connectivity index (χ1v) is 11.4. The van der Waals surface area contributed by atoms with Crippen LogP contribution in [0.1, 0.15) is 110 Å². The average molecular weight is 347 g/mol. The van der Waals surface area contributed by atoms with Gasteiger partial charge < -0.3 is 4.90 Å². The molecule has 1 aliphatic heterocycles. The van der Waals surface area contributed by atoms with Gasteiger partial charge in [-0.25, -0.2) is 0 Å². The zero-order valence-corrected chi connectivity index (χ0v) is 17.1. The monoisotopic (exact) mass is 346 g/mol. The molecule has 0 spiro atoms. The van der Waals surface area contributed by atoms with Crippen molar-refractivity contribution in [1.82, 2.24) is 4.90 Å². The Bertz CT molecular complexity index is 381. The average Bonchev–Trinajstić information content (AvgIpc) is 2.67. The summed E-state index contributed by atoms with van der Waals surface area (Å²) in [4.78, 5) is 2.77. The van der Waals surface area contributed by atoms with Crippen LogP contribution < -0.4 is 0 Å². The fourth-order valence-corrected chi connectivity index (χ4v) is 5.10. The smallest absolute Gasteiger partial charge is 0.0689 e. The normalized spacial score (nSPS) is 28.8. The molecule has 1 saturated carbocycles. The van der Waals surface area contributed by atoms with E-state index in [4.69, 9.17) is 0 Å².